The lowest BCUT2D eigenvalue weighted by atomic mass is 9.99. The number of carbonyl (C=O) groups excluding carboxylic acids is 1. The number of rotatable bonds is 5. The van der Waals surface area contributed by atoms with Crippen LogP contribution in [-0.2, 0) is 6.18 Å². The van der Waals surface area contributed by atoms with E-state index in [0.717, 1.165) is 31.4 Å². The largest absolute Gasteiger partial charge is 0.491 e. The van der Waals surface area contributed by atoms with Gasteiger partial charge in [-0.15, -0.1) is 0 Å². The normalized spacial score (nSPS) is 23.3. The number of halogens is 3. The number of hydrogen-bond donors (Lipinski definition) is 0. The molecule has 1 aromatic carbocycles. The predicted molar refractivity (Wildman–Crippen MR) is 96.6 cm³/mol. The van der Waals surface area contributed by atoms with Crippen LogP contribution in [0, 0.1) is 5.92 Å². The molecule has 2 bridgehead atoms. The van der Waals surface area contributed by atoms with Crippen LogP contribution in [0.4, 0.5) is 13.2 Å². The molecular formula is C20H20F3N3O3. The fourth-order valence-electron chi connectivity index (χ4n) is 4.25. The Morgan fingerprint density at radius 2 is 2.00 bits per heavy atom. The number of ether oxygens (including phenoxy) is 2. The van der Waals surface area contributed by atoms with Gasteiger partial charge in [0.1, 0.15) is 12.4 Å². The Kier molecular flexibility index (Phi) is 5.06. The summed E-state index contributed by atoms with van der Waals surface area (Å²) in [7, 11) is 1.44. The number of amides is 1. The highest BCUT2D eigenvalue weighted by atomic mass is 19.4. The van der Waals surface area contributed by atoms with Crippen LogP contribution in [0.1, 0.15) is 35.2 Å². The third-order valence-corrected chi connectivity index (χ3v) is 5.61. The topological polar surface area (TPSA) is 64.5 Å². The van der Waals surface area contributed by atoms with E-state index in [9.17, 15) is 18.0 Å². The lowest BCUT2D eigenvalue weighted by Gasteiger charge is -2.35. The zero-order valence-electron chi connectivity index (χ0n) is 15.7. The zero-order valence-corrected chi connectivity index (χ0v) is 15.7. The van der Waals surface area contributed by atoms with Crippen molar-refractivity contribution in [3.8, 4) is 11.8 Å². The second kappa shape index (κ2) is 7.53. The van der Waals surface area contributed by atoms with Crippen molar-refractivity contribution in [1.82, 2.24) is 14.9 Å². The summed E-state index contributed by atoms with van der Waals surface area (Å²) in [5.41, 5.74) is -0.409. The van der Waals surface area contributed by atoms with Gasteiger partial charge in [-0.25, -0.2) is 9.97 Å². The van der Waals surface area contributed by atoms with E-state index in [1.165, 1.54) is 31.6 Å². The zero-order chi connectivity index (χ0) is 20.6. The van der Waals surface area contributed by atoms with E-state index in [-0.39, 0.29) is 42.3 Å². The molecule has 2 aromatic rings. The smallest absolute Gasteiger partial charge is 0.416 e. The van der Waals surface area contributed by atoms with E-state index in [4.69, 9.17) is 9.47 Å². The Morgan fingerprint density at radius 1 is 1.24 bits per heavy atom. The fourth-order valence-corrected chi connectivity index (χ4v) is 4.25. The molecule has 3 atom stereocenters. The Balaban J connectivity index is 1.49. The molecule has 2 fully saturated rings. The first kappa shape index (κ1) is 19.5. The fraction of sp³-hybridized carbons (Fsp3) is 0.450. The van der Waals surface area contributed by atoms with Crippen LogP contribution in [0.5, 0.6) is 11.8 Å². The Labute approximate surface area is 165 Å². The Hall–Kier alpha value is -2.84. The number of alkyl halides is 3. The third-order valence-electron chi connectivity index (χ3n) is 5.61. The van der Waals surface area contributed by atoms with Crippen molar-refractivity contribution in [2.45, 2.75) is 37.5 Å². The molecule has 4 rings (SSSR count). The number of aromatic nitrogens is 2. The number of carbonyl (C=O) groups is 1. The van der Waals surface area contributed by atoms with Crippen LogP contribution in [0.3, 0.4) is 0 Å². The third kappa shape index (κ3) is 3.86. The number of piperidine rings is 1. The Morgan fingerprint density at radius 3 is 2.69 bits per heavy atom. The average Bonchev–Trinajstić information content (AvgIpc) is 3.33. The maximum atomic E-state index is 13.0. The average molecular weight is 407 g/mol. The SMILES string of the molecule is COc1ncc(C(=O)N2[C@H]3CC[C@H](C3)[C@H]2COc2cccc(C(F)(F)F)c2)cn1. The van der Waals surface area contributed by atoms with Gasteiger partial charge >= 0.3 is 12.2 Å². The van der Waals surface area contributed by atoms with E-state index >= 15 is 0 Å². The number of methoxy groups -OCH3 is 1. The van der Waals surface area contributed by atoms with Crippen molar-refractivity contribution >= 4 is 5.91 Å². The van der Waals surface area contributed by atoms with Crippen LogP contribution in [0.25, 0.3) is 0 Å². The summed E-state index contributed by atoms with van der Waals surface area (Å²) in [4.78, 5) is 22.8. The first-order chi connectivity index (χ1) is 13.9. The minimum atomic E-state index is -4.43. The molecule has 1 amide bonds. The quantitative estimate of drug-likeness (QED) is 0.758. The predicted octanol–water partition coefficient (Wildman–Crippen LogP) is 3.58. The van der Waals surface area contributed by atoms with Gasteiger partial charge in [-0.05, 0) is 43.4 Å². The standard InChI is InChI=1S/C20H20F3N3O3/c1-28-19-24-9-13(10-25-19)18(27)26-15-6-5-12(7-15)17(26)11-29-16-4-2-3-14(8-16)20(21,22)23/h2-4,8-10,12,15,17H,5-7,11H2,1H3/t12-,15+,17-/m1/s1. The molecule has 0 radical (unpaired) electrons. The van der Waals surface area contributed by atoms with Gasteiger partial charge in [-0.2, -0.15) is 13.2 Å². The summed E-state index contributed by atoms with van der Waals surface area (Å²) < 4.78 is 49.3. The molecule has 0 spiro atoms. The van der Waals surface area contributed by atoms with Crippen molar-refractivity contribution < 1.29 is 27.4 Å². The van der Waals surface area contributed by atoms with Crippen molar-refractivity contribution in [3.63, 3.8) is 0 Å². The van der Waals surface area contributed by atoms with Crippen LogP contribution < -0.4 is 9.47 Å². The molecular weight excluding hydrogens is 387 g/mol. The molecule has 1 aliphatic carbocycles. The van der Waals surface area contributed by atoms with E-state index in [1.54, 1.807) is 4.90 Å². The maximum Gasteiger partial charge on any atom is 0.416 e. The number of benzene rings is 1. The molecule has 6 nitrogen and oxygen atoms in total. The molecule has 1 saturated carbocycles. The van der Waals surface area contributed by atoms with Gasteiger partial charge < -0.3 is 14.4 Å². The van der Waals surface area contributed by atoms with Gasteiger partial charge in [-0.1, -0.05) is 6.07 Å². The van der Waals surface area contributed by atoms with Gasteiger partial charge in [0.15, 0.2) is 0 Å². The molecule has 154 valence electrons. The number of nitrogens with zero attached hydrogens (tertiary/aromatic N) is 3. The monoisotopic (exact) mass is 407 g/mol. The van der Waals surface area contributed by atoms with Crippen molar-refractivity contribution in [3.05, 3.63) is 47.8 Å². The van der Waals surface area contributed by atoms with Gasteiger partial charge in [-0.3, -0.25) is 4.79 Å². The number of hydrogen-bond acceptors (Lipinski definition) is 5. The van der Waals surface area contributed by atoms with E-state index in [1.807, 2.05) is 0 Å². The molecule has 1 aromatic heterocycles. The molecule has 0 unspecified atom stereocenters. The molecule has 0 N–H and O–H groups in total. The first-order valence-corrected chi connectivity index (χ1v) is 9.35. The lowest BCUT2D eigenvalue weighted by molar-refractivity contribution is -0.137. The number of fused-ring (bicyclic) bond motifs is 2. The lowest BCUT2D eigenvalue weighted by Crippen LogP contribution is -2.47. The first-order valence-electron chi connectivity index (χ1n) is 9.35. The highest BCUT2D eigenvalue weighted by Crippen LogP contribution is 2.43. The molecule has 29 heavy (non-hydrogen) atoms. The molecule has 9 heteroatoms. The van der Waals surface area contributed by atoms with Gasteiger partial charge in [0.2, 0.25) is 0 Å². The molecule has 1 aliphatic heterocycles. The van der Waals surface area contributed by atoms with E-state index < -0.39 is 11.7 Å². The highest BCUT2D eigenvalue weighted by molar-refractivity contribution is 5.94. The summed E-state index contributed by atoms with van der Waals surface area (Å²) >= 11 is 0. The maximum absolute atomic E-state index is 13.0. The van der Waals surface area contributed by atoms with E-state index in [0.29, 0.717) is 5.56 Å². The second-order valence-electron chi connectivity index (χ2n) is 7.30. The van der Waals surface area contributed by atoms with Crippen LogP contribution in [0.15, 0.2) is 36.7 Å². The summed E-state index contributed by atoms with van der Waals surface area (Å²) in [6, 6.07) is 4.87. The molecule has 2 aliphatic rings. The van der Waals surface area contributed by atoms with Gasteiger partial charge in [0.25, 0.3) is 5.91 Å². The van der Waals surface area contributed by atoms with Gasteiger partial charge in [0, 0.05) is 18.4 Å². The summed E-state index contributed by atoms with van der Waals surface area (Å²) in [5.74, 6) is 0.217. The van der Waals surface area contributed by atoms with E-state index in [2.05, 4.69) is 9.97 Å². The summed E-state index contributed by atoms with van der Waals surface area (Å²) in [6.45, 7) is 0.144. The van der Waals surface area contributed by atoms with Crippen LogP contribution in [-0.4, -0.2) is 46.6 Å². The second-order valence-corrected chi connectivity index (χ2v) is 7.30. The van der Waals surface area contributed by atoms with Gasteiger partial charge in [0.05, 0.1) is 24.3 Å². The minimum Gasteiger partial charge on any atom is -0.491 e. The van der Waals surface area contributed by atoms with Crippen molar-refractivity contribution in [1.29, 1.82) is 0 Å². The Bertz CT molecular complexity index is 889. The van der Waals surface area contributed by atoms with Crippen LogP contribution >= 0.6 is 0 Å². The summed E-state index contributed by atoms with van der Waals surface area (Å²) in [5, 5.41) is 0. The number of likely N-dealkylation sites (tertiary alicyclic amines) is 1. The van der Waals surface area contributed by atoms with Crippen molar-refractivity contribution in [2.75, 3.05) is 13.7 Å². The minimum absolute atomic E-state index is 0.102. The molecule has 1 saturated heterocycles. The van der Waals surface area contributed by atoms with Crippen LogP contribution in [0.2, 0.25) is 0 Å². The van der Waals surface area contributed by atoms with Crippen molar-refractivity contribution in [2.24, 2.45) is 5.92 Å². The molecule has 2 heterocycles. The summed E-state index contributed by atoms with van der Waals surface area (Å²) in [6.07, 6.45) is 1.18. The highest BCUT2D eigenvalue weighted by Gasteiger charge is 2.48.